The predicted molar refractivity (Wildman–Crippen MR) is 64.2 cm³/mol. The van der Waals surface area contributed by atoms with E-state index in [2.05, 4.69) is 0 Å². The maximum atomic E-state index is 11.2. The average Bonchev–Trinajstić information content (AvgIpc) is 2.29. The predicted octanol–water partition coefficient (Wildman–Crippen LogP) is 1.46. The Morgan fingerprint density at radius 2 is 1.94 bits per heavy atom. The first-order valence-electron chi connectivity index (χ1n) is 5.49. The minimum absolute atomic E-state index is 0.183. The quantitative estimate of drug-likeness (QED) is 0.758. The van der Waals surface area contributed by atoms with Crippen LogP contribution in [-0.4, -0.2) is 34.5 Å². The summed E-state index contributed by atoms with van der Waals surface area (Å²) in [6.07, 6.45) is 2.00. The molecular weight excluding hydrogens is 218 g/mol. The van der Waals surface area contributed by atoms with Crippen molar-refractivity contribution in [2.45, 2.75) is 32.4 Å². The van der Waals surface area contributed by atoms with E-state index in [1.165, 1.54) is 4.90 Å². The third-order valence-corrected chi connectivity index (χ3v) is 2.55. The van der Waals surface area contributed by atoms with Gasteiger partial charge in [0.05, 0.1) is 0 Å². The van der Waals surface area contributed by atoms with E-state index in [9.17, 15) is 9.59 Å². The van der Waals surface area contributed by atoms with Crippen LogP contribution in [0.3, 0.4) is 0 Å². The molecule has 1 radical (unpaired) electrons. The summed E-state index contributed by atoms with van der Waals surface area (Å²) < 4.78 is 0. The summed E-state index contributed by atoms with van der Waals surface area (Å²) in [6, 6.07) is 8.20. The van der Waals surface area contributed by atoms with Gasteiger partial charge in [-0.1, -0.05) is 30.3 Å². The summed E-state index contributed by atoms with van der Waals surface area (Å²) >= 11 is 0. The van der Waals surface area contributed by atoms with Crippen molar-refractivity contribution in [1.82, 2.24) is 4.90 Å². The molecule has 1 aromatic rings. The molecule has 1 rings (SSSR count). The minimum Gasteiger partial charge on any atom is -0.480 e. The number of carbonyl (C=O) groups excluding carboxylic acids is 1. The van der Waals surface area contributed by atoms with E-state index < -0.39 is 12.0 Å². The molecule has 0 bridgehead atoms. The highest BCUT2D eigenvalue weighted by molar-refractivity contribution is 5.77. The van der Waals surface area contributed by atoms with E-state index in [-0.39, 0.29) is 6.04 Å². The fraction of sp³-hybridized carbons (Fsp3) is 0.385. The van der Waals surface area contributed by atoms with E-state index in [1.54, 1.807) is 20.3 Å². The van der Waals surface area contributed by atoms with Crippen molar-refractivity contribution < 1.29 is 14.7 Å². The third kappa shape index (κ3) is 3.59. The molecule has 0 aliphatic heterocycles. The molecule has 0 aliphatic carbocycles. The lowest BCUT2D eigenvalue weighted by Gasteiger charge is -2.27. The zero-order valence-corrected chi connectivity index (χ0v) is 9.96. The summed E-state index contributed by atoms with van der Waals surface area (Å²) in [7, 11) is 0. The molecule has 0 saturated heterocycles. The lowest BCUT2D eigenvalue weighted by atomic mass is 10.0. The highest BCUT2D eigenvalue weighted by atomic mass is 16.4. The summed E-state index contributed by atoms with van der Waals surface area (Å²) in [5.74, 6) is -1.01. The molecule has 0 aliphatic rings. The van der Waals surface area contributed by atoms with Crippen molar-refractivity contribution in [2.75, 3.05) is 0 Å². The number of benzene rings is 1. The van der Waals surface area contributed by atoms with Crippen LogP contribution < -0.4 is 0 Å². The molecule has 17 heavy (non-hydrogen) atoms. The van der Waals surface area contributed by atoms with Crippen molar-refractivity contribution in [2.24, 2.45) is 0 Å². The first kappa shape index (κ1) is 13.2. The molecule has 1 amide bonds. The van der Waals surface area contributed by atoms with Crippen LogP contribution in [0.1, 0.15) is 19.4 Å². The maximum absolute atomic E-state index is 11.2. The van der Waals surface area contributed by atoms with Crippen LogP contribution in [0.25, 0.3) is 0 Å². The second-order valence-electron chi connectivity index (χ2n) is 4.14. The SMILES string of the molecule is CC(C)N([C]=O)C(Cc1ccccc1)C(=O)O. The Bertz CT molecular complexity index is 376. The number of aliphatic carboxylic acids is 1. The van der Waals surface area contributed by atoms with Gasteiger partial charge in [0.2, 0.25) is 0 Å². The van der Waals surface area contributed by atoms with E-state index in [4.69, 9.17) is 5.11 Å². The van der Waals surface area contributed by atoms with Gasteiger partial charge in [-0.05, 0) is 19.4 Å². The summed E-state index contributed by atoms with van der Waals surface area (Å²) in [6.45, 7) is 3.54. The Kier molecular flexibility index (Phi) is 4.69. The lowest BCUT2D eigenvalue weighted by Crippen LogP contribution is -2.45. The molecule has 0 aromatic heterocycles. The van der Waals surface area contributed by atoms with Gasteiger partial charge in [0, 0.05) is 12.5 Å². The van der Waals surface area contributed by atoms with Gasteiger partial charge in [0.25, 0.3) is 0 Å². The van der Waals surface area contributed by atoms with Crippen molar-refractivity contribution in [1.29, 1.82) is 0 Å². The third-order valence-electron chi connectivity index (χ3n) is 2.55. The number of rotatable bonds is 6. The Morgan fingerprint density at radius 3 is 2.35 bits per heavy atom. The minimum atomic E-state index is -1.01. The van der Waals surface area contributed by atoms with Crippen molar-refractivity contribution in [3.63, 3.8) is 0 Å². The summed E-state index contributed by atoms with van der Waals surface area (Å²) in [5.41, 5.74) is 0.890. The van der Waals surface area contributed by atoms with E-state index in [1.807, 2.05) is 30.3 Å². The molecular formula is C13H16NO3. The zero-order chi connectivity index (χ0) is 12.8. The molecule has 91 valence electrons. The molecule has 1 aromatic carbocycles. The van der Waals surface area contributed by atoms with E-state index in [0.29, 0.717) is 6.42 Å². The Labute approximate surface area is 101 Å². The van der Waals surface area contributed by atoms with Crippen LogP contribution in [0.2, 0.25) is 0 Å². The van der Waals surface area contributed by atoms with Gasteiger partial charge < -0.3 is 10.0 Å². The fourth-order valence-corrected chi connectivity index (χ4v) is 1.67. The van der Waals surface area contributed by atoms with Crippen LogP contribution in [0.5, 0.6) is 0 Å². The summed E-state index contributed by atoms with van der Waals surface area (Å²) in [4.78, 5) is 23.2. The molecule has 1 N–H and O–H groups in total. The highest BCUT2D eigenvalue weighted by Gasteiger charge is 2.27. The Hall–Kier alpha value is -1.84. The number of hydrogen-bond acceptors (Lipinski definition) is 2. The highest BCUT2D eigenvalue weighted by Crippen LogP contribution is 2.11. The lowest BCUT2D eigenvalue weighted by molar-refractivity contribution is -0.142. The molecule has 4 nitrogen and oxygen atoms in total. The first-order chi connectivity index (χ1) is 8.06. The average molecular weight is 234 g/mol. The number of amides is 1. The van der Waals surface area contributed by atoms with Crippen molar-refractivity contribution >= 4 is 12.4 Å². The normalized spacial score (nSPS) is 12.2. The van der Waals surface area contributed by atoms with Crippen LogP contribution >= 0.6 is 0 Å². The largest absolute Gasteiger partial charge is 0.480 e. The molecule has 4 heteroatoms. The molecule has 1 atom stereocenters. The summed E-state index contributed by atoms with van der Waals surface area (Å²) in [5, 5.41) is 9.16. The van der Waals surface area contributed by atoms with Gasteiger partial charge >= 0.3 is 12.4 Å². The van der Waals surface area contributed by atoms with Gasteiger partial charge in [-0.3, -0.25) is 4.79 Å². The molecule has 0 spiro atoms. The Balaban J connectivity index is 2.87. The van der Waals surface area contributed by atoms with Crippen LogP contribution in [0, 0.1) is 0 Å². The molecule has 0 fully saturated rings. The van der Waals surface area contributed by atoms with Gasteiger partial charge in [0.15, 0.2) is 0 Å². The number of carboxylic acids is 1. The van der Waals surface area contributed by atoms with E-state index in [0.717, 1.165) is 5.56 Å². The Morgan fingerprint density at radius 1 is 1.35 bits per heavy atom. The fourth-order valence-electron chi connectivity index (χ4n) is 1.67. The van der Waals surface area contributed by atoms with Crippen LogP contribution in [0.15, 0.2) is 30.3 Å². The van der Waals surface area contributed by atoms with Gasteiger partial charge in [-0.15, -0.1) is 0 Å². The van der Waals surface area contributed by atoms with Crippen LogP contribution in [0.4, 0.5) is 0 Å². The number of hydrogen-bond donors (Lipinski definition) is 1. The number of carboxylic acid groups (broad SMARTS) is 1. The monoisotopic (exact) mass is 234 g/mol. The molecule has 0 saturated carbocycles. The van der Waals surface area contributed by atoms with Crippen molar-refractivity contribution in [3.8, 4) is 0 Å². The second kappa shape index (κ2) is 6.03. The van der Waals surface area contributed by atoms with Gasteiger partial charge in [-0.25, -0.2) is 4.79 Å². The number of nitrogens with zero attached hydrogens (tertiary/aromatic N) is 1. The molecule has 1 unspecified atom stereocenters. The topological polar surface area (TPSA) is 57.6 Å². The maximum Gasteiger partial charge on any atom is 0.326 e. The van der Waals surface area contributed by atoms with Crippen molar-refractivity contribution in [3.05, 3.63) is 35.9 Å². The smallest absolute Gasteiger partial charge is 0.326 e. The van der Waals surface area contributed by atoms with Gasteiger partial charge in [-0.2, -0.15) is 0 Å². The first-order valence-corrected chi connectivity index (χ1v) is 5.49. The number of carbonyl (C=O) groups is 1. The molecule has 0 heterocycles. The second-order valence-corrected chi connectivity index (χ2v) is 4.14. The van der Waals surface area contributed by atoms with Crippen LogP contribution in [-0.2, 0) is 16.0 Å². The van der Waals surface area contributed by atoms with E-state index >= 15 is 0 Å². The zero-order valence-electron chi connectivity index (χ0n) is 9.96. The standard InChI is InChI=1S/C13H16NO3/c1-10(2)14(9-15)12(13(16)17)8-11-6-4-3-5-7-11/h3-7,10,12H,8H2,1-2H3,(H,16,17). The van der Waals surface area contributed by atoms with Gasteiger partial charge in [0.1, 0.15) is 6.04 Å².